The van der Waals surface area contributed by atoms with E-state index >= 15 is 0 Å². The monoisotopic (exact) mass is 299 g/mol. The fourth-order valence-electron chi connectivity index (χ4n) is 1.65. The lowest BCUT2D eigenvalue weighted by Crippen LogP contribution is -2.30. The fourth-order valence-corrected chi connectivity index (χ4v) is 2.50. The van der Waals surface area contributed by atoms with Gasteiger partial charge in [-0.25, -0.2) is 17.1 Å². The molecule has 0 aromatic heterocycles. The van der Waals surface area contributed by atoms with E-state index in [0.29, 0.717) is 25.2 Å². The van der Waals surface area contributed by atoms with Crippen molar-refractivity contribution in [1.29, 1.82) is 5.26 Å². The summed E-state index contributed by atoms with van der Waals surface area (Å²) in [6.45, 7) is 2.50. The van der Waals surface area contributed by atoms with Crippen molar-refractivity contribution in [3.8, 4) is 6.07 Å². The molecule has 1 rings (SSSR count). The Labute approximate surface area is 119 Å². The van der Waals surface area contributed by atoms with E-state index in [4.69, 9.17) is 5.26 Å². The molecule has 110 valence electrons. The van der Waals surface area contributed by atoms with Gasteiger partial charge in [0, 0.05) is 20.1 Å². The van der Waals surface area contributed by atoms with Crippen molar-refractivity contribution in [2.45, 2.75) is 13.3 Å². The number of nitrogens with one attached hydrogen (secondary N) is 1. The molecule has 0 heterocycles. The van der Waals surface area contributed by atoms with Crippen molar-refractivity contribution in [2.75, 3.05) is 31.2 Å². The molecule has 0 amide bonds. The molecule has 1 aromatic carbocycles. The summed E-state index contributed by atoms with van der Waals surface area (Å²) in [5.74, 6) is -0.381. The second-order valence-electron chi connectivity index (χ2n) is 4.30. The van der Waals surface area contributed by atoms with Gasteiger partial charge in [-0.3, -0.25) is 0 Å². The molecule has 0 aliphatic carbocycles. The SMILES string of the molecule is CCS(=O)(=O)N(C)CCCNc1ccc(F)cc1C#N. The molecule has 0 saturated heterocycles. The standard InChI is InChI=1S/C13H18FN3O2S/c1-3-20(18,19)17(2)8-4-7-16-13-6-5-12(14)9-11(13)10-15/h5-6,9,16H,3-4,7-8H2,1-2H3. The zero-order valence-corrected chi connectivity index (χ0v) is 12.4. The molecule has 0 spiro atoms. The number of anilines is 1. The summed E-state index contributed by atoms with van der Waals surface area (Å²) in [5.41, 5.74) is 0.787. The van der Waals surface area contributed by atoms with Crippen LogP contribution >= 0.6 is 0 Å². The van der Waals surface area contributed by atoms with E-state index in [2.05, 4.69) is 5.32 Å². The van der Waals surface area contributed by atoms with Crippen LogP contribution in [0.5, 0.6) is 0 Å². The predicted molar refractivity (Wildman–Crippen MR) is 76.3 cm³/mol. The van der Waals surface area contributed by atoms with Crippen LogP contribution in [0.1, 0.15) is 18.9 Å². The van der Waals surface area contributed by atoms with Gasteiger partial charge < -0.3 is 5.32 Å². The van der Waals surface area contributed by atoms with Gasteiger partial charge in [0.15, 0.2) is 0 Å². The molecular formula is C13H18FN3O2S. The summed E-state index contributed by atoms with van der Waals surface area (Å²) >= 11 is 0. The highest BCUT2D eigenvalue weighted by atomic mass is 32.2. The maximum atomic E-state index is 12.9. The third-order valence-electron chi connectivity index (χ3n) is 2.91. The van der Waals surface area contributed by atoms with Gasteiger partial charge in [-0.1, -0.05) is 0 Å². The minimum absolute atomic E-state index is 0.0769. The first-order valence-electron chi connectivity index (χ1n) is 6.28. The van der Waals surface area contributed by atoms with Crippen molar-refractivity contribution in [3.63, 3.8) is 0 Å². The van der Waals surface area contributed by atoms with Crippen LogP contribution in [0.15, 0.2) is 18.2 Å². The number of benzene rings is 1. The lowest BCUT2D eigenvalue weighted by molar-refractivity contribution is 0.466. The highest BCUT2D eigenvalue weighted by Crippen LogP contribution is 2.15. The van der Waals surface area contributed by atoms with E-state index in [1.165, 1.54) is 23.5 Å². The van der Waals surface area contributed by atoms with Crippen molar-refractivity contribution in [2.24, 2.45) is 0 Å². The molecule has 0 fully saturated rings. The molecule has 0 unspecified atom stereocenters. The van der Waals surface area contributed by atoms with E-state index in [1.54, 1.807) is 6.92 Å². The molecule has 0 saturated carbocycles. The van der Waals surface area contributed by atoms with Crippen LogP contribution in [0, 0.1) is 17.1 Å². The van der Waals surface area contributed by atoms with E-state index < -0.39 is 15.8 Å². The lowest BCUT2D eigenvalue weighted by atomic mass is 10.2. The molecular weight excluding hydrogens is 281 g/mol. The molecule has 0 radical (unpaired) electrons. The van der Waals surface area contributed by atoms with Gasteiger partial charge in [-0.05, 0) is 31.5 Å². The summed E-state index contributed by atoms with van der Waals surface area (Å²) in [6, 6.07) is 5.85. The summed E-state index contributed by atoms with van der Waals surface area (Å²) < 4.78 is 37.3. The molecule has 0 aliphatic heterocycles. The van der Waals surface area contributed by atoms with Gasteiger partial charge in [0.1, 0.15) is 11.9 Å². The van der Waals surface area contributed by atoms with Crippen LogP contribution in [0.2, 0.25) is 0 Å². The van der Waals surface area contributed by atoms with Gasteiger partial charge in [-0.2, -0.15) is 5.26 Å². The first kappa shape index (κ1) is 16.4. The maximum Gasteiger partial charge on any atom is 0.213 e. The van der Waals surface area contributed by atoms with Gasteiger partial charge in [0.05, 0.1) is 17.0 Å². The number of hydrogen-bond donors (Lipinski definition) is 1. The molecule has 1 N–H and O–H groups in total. The summed E-state index contributed by atoms with van der Waals surface area (Å²) in [7, 11) is -1.62. The fraction of sp³-hybridized carbons (Fsp3) is 0.462. The second-order valence-corrected chi connectivity index (χ2v) is 6.67. The Morgan fingerprint density at radius 1 is 1.45 bits per heavy atom. The van der Waals surface area contributed by atoms with Crippen LogP contribution in [0.4, 0.5) is 10.1 Å². The van der Waals surface area contributed by atoms with E-state index in [1.807, 2.05) is 6.07 Å². The third kappa shape index (κ3) is 4.47. The van der Waals surface area contributed by atoms with Crippen molar-refractivity contribution in [3.05, 3.63) is 29.6 Å². The smallest absolute Gasteiger partial charge is 0.213 e. The third-order valence-corrected chi connectivity index (χ3v) is 4.77. The normalized spacial score (nSPS) is 11.3. The highest BCUT2D eigenvalue weighted by molar-refractivity contribution is 7.89. The number of halogens is 1. The average Bonchev–Trinajstić information content (AvgIpc) is 2.44. The predicted octanol–water partition coefficient (Wildman–Crippen LogP) is 1.78. The minimum Gasteiger partial charge on any atom is -0.384 e. The van der Waals surface area contributed by atoms with Crippen LogP contribution < -0.4 is 5.32 Å². The van der Waals surface area contributed by atoms with Crippen LogP contribution in [-0.2, 0) is 10.0 Å². The van der Waals surface area contributed by atoms with Crippen LogP contribution in [-0.4, -0.2) is 38.6 Å². The number of sulfonamides is 1. The Morgan fingerprint density at radius 2 is 2.15 bits per heavy atom. The van der Waals surface area contributed by atoms with Gasteiger partial charge in [-0.15, -0.1) is 0 Å². The van der Waals surface area contributed by atoms with Crippen LogP contribution in [0.3, 0.4) is 0 Å². The number of rotatable bonds is 7. The van der Waals surface area contributed by atoms with E-state index in [9.17, 15) is 12.8 Å². The quantitative estimate of drug-likeness (QED) is 0.779. The lowest BCUT2D eigenvalue weighted by Gasteiger charge is -2.16. The Balaban J connectivity index is 2.49. The molecule has 0 bridgehead atoms. The average molecular weight is 299 g/mol. The Bertz CT molecular complexity index is 596. The second kappa shape index (κ2) is 7.22. The van der Waals surface area contributed by atoms with Crippen molar-refractivity contribution >= 4 is 15.7 Å². The van der Waals surface area contributed by atoms with Crippen molar-refractivity contribution < 1.29 is 12.8 Å². The number of hydrogen-bond acceptors (Lipinski definition) is 4. The van der Waals surface area contributed by atoms with E-state index in [0.717, 1.165) is 6.07 Å². The Morgan fingerprint density at radius 3 is 2.75 bits per heavy atom. The zero-order valence-electron chi connectivity index (χ0n) is 11.6. The molecule has 0 aliphatic rings. The summed E-state index contributed by atoms with van der Waals surface area (Å²) in [5, 5.41) is 11.9. The first-order chi connectivity index (χ1) is 9.40. The Hall–Kier alpha value is -1.65. The maximum absolute atomic E-state index is 12.9. The van der Waals surface area contributed by atoms with Gasteiger partial charge in [0.25, 0.3) is 0 Å². The zero-order chi connectivity index (χ0) is 15.2. The number of nitriles is 1. The van der Waals surface area contributed by atoms with Gasteiger partial charge in [0.2, 0.25) is 10.0 Å². The minimum atomic E-state index is -3.16. The Kier molecular flexibility index (Phi) is 5.92. The summed E-state index contributed by atoms with van der Waals surface area (Å²) in [4.78, 5) is 0. The molecule has 20 heavy (non-hydrogen) atoms. The topological polar surface area (TPSA) is 73.2 Å². The first-order valence-corrected chi connectivity index (χ1v) is 7.89. The van der Waals surface area contributed by atoms with Crippen LogP contribution in [0.25, 0.3) is 0 Å². The molecule has 5 nitrogen and oxygen atoms in total. The highest BCUT2D eigenvalue weighted by Gasteiger charge is 2.13. The number of nitrogens with zero attached hydrogens (tertiary/aromatic N) is 2. The van der Waals surface area contributed by atoms with Crippen molar-refractivity contribution in [1.82, 2.24) is 4.31 Å². The molecule has 1 aromatic rings. The largest absolute Gasteiger partial charge is 0.384 e. The molecule has 0 atom stereocenters. The van der Waals surface area contributed by atoms with Gasteiger partial charge >= 0.3 is 0 Å². The van der Waals surface area contributed by atoms with E-state index in [-0.39, 0.29) is 11.3 Å². The molecule has 7 heteroatoms. The summed E-state index contributed by atoms with van der Waals surface area (Å²) in [6.07, 6.45) is 0.595.